The molecule has 0 saturated carbocycles. The Hall–Kier alpha value is -2.36. The molecule has 7 nitrogen and oxygen atoms in total. The minimum absolute atomic E-state index is 0.109. The van der Waals surface area contributed by atoms with Crippen molar-refractivity contribution < 1.29 is 13.2 Å². The molecule has 1 saturated heterocycles. The number of hydrogen-bond donors (Lipinski definition) is 0. The number of fused-ring (bicyclic) bond motifs is 1. The summed E-state index contributed by atoms with van der Waals surface area (Å²) in [6, 6.07) is 10.1. The third-order valence-electron chi connectivity index (χ3n) is 5.38. The van der Waals surface area contributed by atoms with Crippen LogP contribution in [0.15, 0.2) is 41.3 Å². The first-order valence-electron chi connectivity index (χ1n) is 9.38. The van der Waals surface area contributed by atoms with Crippen molar-refractivity contribution in [1.82, 2.24) is 13.1 Å². The number of sulfonamides is 1. The normalized spacial score (nSPS) is 17.7. The Kier molecular flexibility index (Phi) is 5.14. The van der Waals surface area contributed by atoms with Gasteiger partial charge in [-0.15, -0.1) is 0 Å². The fourth-order valence-corrected chi connectivity index (χ4v) is 6.22. The number of carbonyl (C=O) groups is 1. The molecule has 1 aliphatic heterocycles. The average Bonchev–Trinajstić information content (AvgIpc) is 3.38. The fourth-order valence-electron chi connectivity index (χ4n) is 3.81. The zero-order valence-electron chi connectivity index (χ0n) is 16.5. The maximum atomic E-state index is 13.4. The minimum atomic E-state index is -3.87. The Morgan fingerprint density at radius 2 is 2.00 bits per heavy atom. The van der Waals surface area contributed by atoms with Crippen LogP contribution in [0.5, 0.6) is 0 Å². The molecule has 0 unspecified atom stereocenters. The molecule has 0 spiro atoms. The van der Waals surface area contributed by atoms with Gasteiger partial charge < -0.3 is 4.90 Å². The van der Waals surface area contributed by atoms with Crippen LogP contribution in [0.1, 0.15) is 24.0 Å². The maximum absolute atomic E-state index is 13.4. The molecule has 0 radical (unpaired) electrons. The highest BCUT2D eigenvalue weighted by Gasteiger charge is 2.41. The first-order valence-corrected chi connectivity index (χ1v) is 11.6. The van der Waals surface area contributed by atoms with Gasteiger partial charge in [0.15, 0.2) is 0 Å². The third-order valence-corrected chi connectivity index (χ3v) is 7.86. The summed E-state index contributed by atoms with van der Waals surface area (Å²) in [4.78, 5) is 15.0. The summed E-state index contributed by atoms with van der Waals surface area (Å²) in [6.45, 7) is 4.22. The van der Waals surface area contributed by atoms with Gasteiger partial charge in [-0.2, -0.15) is 13.1 Å². The number of rotatable bonds is 4. The summed E-state index contributed by atoms with van der Waals surface area (Å²) < 4.78 is 36.5. The first kappa shape index (κ1) is 19.9. The Balaban J connectivity index is 1.69. The smallest absolute Gasteiger partial charge is 0.246 e. The van der Waals surface area contributed by atoms with E-state index >= 15 is 0 Å². The molecule has 1 amide bonds. The molecule has 9 heteroatoms. The molecule has 0 bridgehead atoms. The topological polar surface area (TPSA) is 83.5 Å². The largest absolute Gasteiger partial charge is 0.314 e. The van der Waals surface area contributed by atoms with E-state index in [4.69, 9.17) is 0 Å². The molecular formula is C20H22N4O3S2. The van der Waals surface area contributed by atoms with Crippen LogP contribution in [0.4, 0.5) is 5.69 Å². The lowest BCUT2D eigenvalue weighted by molar-refractivity contribution is -0.121. The van der Waals surface area contributed by atoms with Gasteiger partial charge in [0.05, 0.1) is 11.7 Å². The SMILES string of the molecule is Cc1ccc(C)c(N(C)C(=O)[C@H]2CCCN2S(=O)(=O)c2cccc3nsnc23)c1. The number of amides is 1. The lowest BCUT2D eigenvalue weighted by Crippen LogP contribution is -2.46. The van der Waals surface area contributed by atoms with Crippen LogP contribution >= 0.6 is 11.7 Å². The number of likely N-dealkylation sites (N-methyl/N-ethyl adjacent to an activating group) is 1. The average molecular weight is 431 g/mol. The number of aryl methyl sites for hydroxylation is 2. The monoisotopic (exact) mass is 430 g/mol. The predicted octanol–water partition coefficient (Wildman–Crippen LogP) is 3.12. The molecule has 0 N–H and O–H groups in total. The Bertz CT molecular complexity index is 1190. The van der Waals surface area contributed by atoms with Crippen LogP contribution in [-0.2, 0) is 14.8 Å². The second-order valence-electron chi connectivity index (χ2n) is 7.35. The molecule has 29 heavy (non-hydrogen) atoms. The summed E-state index contributed by atoms with van der Waals surface area (Å²) in [5, 5.41) is 0. The van der Waals surface area contributed by atoms with Crippen molar-refractivity contribution in [1.29, 1.82) is 0 Å². The van der Waals surface area contributed by atoms with E-state index in [1.807, 2.05) is 32.0 Å². The van der Waals surface area contributed by atoms with Gasteiger partial charge in [0.25, 0.3) is 0 Å². The van der Waals surface area contributed by atoms with E-state index in [2.05, 4.69) is 8.75 Å². The second-order valence-corrected chi connectivity index (χ2v) is 9.74. The van der Waals surface area contributed by atoms with Gasteiger partial charge in [-0.05, 0) is 56.0 Å². The standard InChI is InChI=1S/C20H22N4O3S2/c1-13-9-10-14(2)17(12-13)23(3)20(25)16-7-5-11-24(16)29(26,27)18-8-4-6-15-19(18)22-28-21-15/h4,6,8-10,12,16H,5,7,11H2,1-3H3/t16-/m1/s1. The summed E-state index contributed by atoms with van der Waals surface area (Å²) in [5.41, 5.74) is 3.72. The number of aromatic nitrogens is 2. The quantitative estimate of drug-likeness (QED) is 0.635. The lowest BCUT2D eigenvalue weighted by Gasteiger charge is -2.28. The van der Waals surface area contributed by atoms with Crippen molar-refractivity contribution in [2.45, 2.75) is 37.6 Å². The first-order chi connectivity index (χ1) is 13.8. The second kappa shape index (κ2) is 7.47. The van der Waals surface area contributed by atoms with Gasteiger partial charge in [0.1, 0.15) is 22.0 Å². The number of carbonyl (C=O) groups excluding carboxylic acids is 1. The van der Waals surface area contributed by atoms with Gasteiger partial charge in [-0.1, -0.05) is 18.2 Å². The number of nitrogens with zero attached hydrogens (tertiary/aromatic N) is 4. The van der Waals surface area contributed by atoms with Crippen LogP contribution in [0.25, 0.3) is 11.0 Å². The molecule has 2 heterocycles. The molecule has 3 aromatic rings. The van der Waals surface area contributed by atoms with E-state index in [9.17, 15) is 13.2 Å². The molecule has 4 rings (SSSR count). The van der Waals surface area contributed by atoms with Crippen molar-refractivity contribution in [3.05, 3.63) is 47.5 Å². The summed E-state index contributed by atoms with van der Waals surface area (Å²) in [7, 11) is -2.17. The number of hydrogen-bond acceptors (Lipinski definition) is 6. The van der Waals surface area contributed by atoms with Crippen LogP contribution in [0, 0.1) is 13.8 Å². The Morgan fingerprint density at radius 3 is 2.79 bits per heavy atom. The Labute approximate surface area is 174 Å². The van der Waals surface area contributed by atoms with E-state index in [1.54, 1.807) is 24.1 Å². The van der Waals surface area contributed by atoms with E-state index in [0.717, 1.165) is 28.5 Å². The molecule has 152 valence electrons. The molecule has 1 atom stereocenters. The summed E-state index contributed by atoms with van der Waals surface area (Å²) in [5.74, 6) is -0.219. The highest BCUT2D eigenvalue weighted by Crippen LogP contribution is 2.32. The summed E-state index contributed by atoms with van der Waals surface area (Å²) in [6.07, 6.45) is 1.14. The van der Waals surface area contributed by atoms with E-state index < -0.39 is 16.1 Å². The Morgan fingerprint density at radius 1 is 1.21 bits per heavy atom. The predicted molar refractivity (Wildman–Crippen MR) is 114 cm³/mol. The number of anilines is 1. The highest BCUT2D eigenvalue weighted by atomic mass is 32.2. The van der Waals surface area contributed by atoms with Crippen molar-refractivity contribution >= 4 is 44.4 Å². The molecule has 2 aromatic carbocycles. The highest BCUT2D eigenvalue weighted by molar-refractivity contribution is 7.89. The molecule has 1 aliphatic rings. The fraction of sp³-hybridized carbons (Fsp3) is 0.350. The maximum Gasteiger partial charge on any atom is 0.246 e. The number of benzene rings is 2. The van der Waals surface area contributed by atoms with Crippen molar-refractivity contribution in [3.63, 3.8) is 0 Å². The zero-order valence-corrected chi connectivity index (χ0v) is 18.1. The molecule has 0 aliphatic carbocycles. The molecule has 1 aromatic heterocycles. The van der Waals surface area contributed by atoms with Gasteiger partial charge in [0, 0.05) is 19.3 Å². The van der Waals surface area contributed by atoms with E-state index in [1.165, 1.54) is 10.4 Å². The van der Waals surface area contributed by atoms with Gasteiger partial charge in [-0.3, -0.25) is 4.79 Å². The molecule has 1 fully saturated rings. The van der Waals surface area contributed by atoms with Crippen LogP contribution in [-0.4, -0.2) is 47.0 Å². The summed E-state index contributed by atoms with van der Waals surface area (Å²) >= 11 is 0.980. The van der Waals surface area contributed by atoms with Gasteiger partial charge in [-0.25, -0.2) is 8.42 Å². The minimum Gasteiger partial charge on any atom is -0.314 e. The van der Waals surface area contributed by atoms with Crippen LogP contribution in [0.2, 0.25) is 0 Å². The third kappa shape index (κ3) is 3.43. The van der Waals surface area contributed by atoms with Crippen molar-refractivity contribution in [3.8, 4) is 0 Å². The molecular weight excluding hydrogens is 408 g/mol. The van der Waals surface area contributed by atoms with E-state index in [-0.39, 0.29) is 10.8 Å². The van der Waals surface area contributed by atoms with Gasteiger partial charge in [0.2, 0.25) is 15.9 Å². The lowest BCUT2D eigenvalue weighted by atomic mass is 10.1. The zero-order chi connectivity index (χ0) is 20.8. The van der Waals surface area contributed by atoms with Gasteiger partial charge >= 0.3 is 0 Å². The van der Waals surface area contributed by atoms with E-state index in [0.29, 0.717) is 30.4 Å². The van der Waals surface area contributed by atoms with Crippen molar-refractivity contribution in [2.75, 3.05) is 18.5 Å². The van der Waals surface area contributed by atoms with Crippen molar-refractivity contribution in [2.24, 2.45) is 0 Å². The van der Waals surface area contributed by atoms with Crippen LogP contribution < -0.4 is 4.90 Å². The van der Waals surface area contributed by atoms with Crippen LogP contribution in [0.3, 0.4) is 0 Å².